The average molecular weight is 328 g/mol. The zero-order chi connectivity index (χ0) is 17.5. The van der Waals surface area contributed by atoms with E-state index in [0.717, 1.165) is 35.8 Å². The summed E-state index contributed by atoms with van der Waals surface area (Å²) < 4.78 is 0. The van der Waals surface area contributed by atoms with Gasteiger partial charge in [-0.05, 0) is 62.4 Å². The van der Waals surface area contributed by atoms with E-state index >= 15 is 0 Å². The summed E-state index contributed by atoms with van der Waals surface area (Å²) in [5, 5.41) is 10.6. The number of benzene rings is 2. The Kier molecular flexibility index (Phi) is 6.32. The molecule has 0 aliphatic rings. The van der Waals surface area contributed by atoms with Gasteiger partial charge in [-0.25, -0.2) is 0 Å². The number of anilines is 4. The van der Waals surface area contributed by atoms with Crippen molar-refractivity contribution in [3.63, 3.8) is 0 Å². The fourth-order valence-corrected chi connectivity index (χ4v) is 2.77. The number of rotatable bonds is 8. The molecule has 5 nitrogen and oxygen atoms in total. The van der Waals surface area contributed by atoms with Crippen LogP contribution in [-0.2, 0) is 0 Å². The summed E-state index contributed by atoms with van der Waals surface area (Å²) in [6, 6.07) is 15.5. The van der Waals surface area contributed by atoms with E-state index in [4.69, 9.17) is 11.5 Å². The Morgan fingerprint density at radius 3 is 1.38 bits per heavy atom. The van der Waals surface area contributed by atoms with E-state index < -0.39 is 6.10 Å². The van der Waals surface area contributed by atoms with Crippen LogP contribution in [0.15, 0.2) is 48.5 Å². The summed E-state index contributed by atoms with van der Waals surface area (Å²) >= 11 is 0. The van der Waals surface area contributed by atoms with Crippen LogP contribution < -0.4 is 21.3 Å². The molecule has 0 atom stereocenters. The highest BCUT2D eigenvalue weighted by atomic mass is 16.3. The second-order valence-electron chi connectivity index (χ2n) is 5.91. The number of likely N-dealkylation sites (N-methyl/N-ethyl adjacent to an activating group) is 2. The predicted molar refractivity (Wildman–Crippen MR) is 103 cm³/mol. The van der Waals surface area contributed by atoms with Crippen molar-refractivity contribution in [2.24, 2.45) is 0 Å². The molecule has 0 amide bonds. The van der Waals surface area contributed by atoms with Crippen molar-refractivity contribution in [3.8, 4) is 0 Å². The Balaban J connectivity index is 2.00. The highest BCUT2D eigenvalue weighted by Gasteiger charge is 2.15. The summed E-state index contributed by atoms with van der Waals surface area (Å²) in [6.07, 6.45) is -0.458. The first-order chi connectivity index (χ1) is 11.5. The molecule has 24 heavy (non-hydrogen) atoms. The van der Waals surface area contributed by atoms with E-state index in [0.29, 0.717) is 13.1 Å². The molecule has 0 unspecified atom stereocenters. The lowest BCUT2D eigenvalue weighted by Crippen LogP contribution is -2.40. The maximum absolute atomic E-state index is 10.6. The van der Waals surface area contributed by atoms with Gasteiger partial charge in [0, 0.05) is 48.9 Å². The lowest BCUT2D eigenvalue weighted by molar-refractivity contribution is 0.185. The topological polar surface area (TPSA) is 78.8 Å². The second kappa shape index (κ2) is 8.45. The standard InChI is InChI=1S/C19H28N4O/c1-3-22(17-9-5-15(20)6-10-17)13-19(24)14-23(4-2)18-11-7-16(21)8-12-18/h5-12,19,24H,3-4,13-14,20-21H2,1-2H3. The highest BCUT2D eigenvalue weighted by Crippen LogP contribution is 2.19. The van der Waals surface area contributed by atoms with Gasteiger partial charge >= 0.3 is 0 Å². The van der Waals surface area contributed by atoms with E-state index in [1.54, 1.807) is 0 Å². The number of nitrogens with two attached hydrogens (primary N) is 2. The zero-order valence-electron chi connectivity index (χ0n) is 14.5. The Hall–Kier alpha value is -2.40. The van der Waals surface area contributed by atoms with Crippen molar-refractivity contribution in [2.45, 2.75) is 20.0 Å². The highest BCUT2D eigenvalue weighted by molar-refractivity contribution is 5.54. The summed E-state index contributed by atoms with van der Waals surface area (Å²) in [5.41, 5.74) is 15.1. The van der Waals surface area contributed by atoms with Gasteiger partial charge in [0.1, 0.15) is 0 Å². The molecule has 0 radical (unpaired) electrons. The third-order valence-corrected chi connectivity index (χ3v) is 4.14. The molecular weight excluding hydrogens is 300 g/mol. The van der Waals surface area contributed by atoms with Gasteiger partial charge in [-0.1, -0.05) is 0 Å². The van der Waals surface area contributed by atoms with E-state index in [2.05, 4.69) is 23.6 Å². The van der Waals surface area contributed by atoms with Gasteiger partial charge in [-0.15, -0.1) is 0 Å². The Labute approximate surface area is 144 Å². The van der Waals surface area contributed by atoms with E-state index in [1.807, 2.05) is 48.5 Å². The molecule has 130 valence electrons. The predicted octanol–water partition coefficient (Wildman–Crippen LogP) is 2.56. The smallest absolute Gasteiger partial charge is 0.0889 e. The molecule has 2 aromatic carbocycles. The molecule has 0 spiro atoms. The van der Waals surface area contributed by atoms with Crippen molar-refractivity contribution in [3.05, 3.63) is 48.5 Å². The second-order valence-corrected chi connectivity index (χ2v) is 5.91. The summed E-state index contributed by atoms with van der Waals surface area (Å²) in [4.78, 5) is 4.31. The number of nitrogen functional groups attached to an aromatic ring is 2. The number of aliphatic hydroxyl groups is 1. The lowest BCUT2D eigenvalue weighted by Gasteiger charge is -2.30. The molecule has 0 aliphatic carbocycles. The molecule has 0 aromatic heterocycles. The molecule has 5 heteroatoms. The SMILES string of the molecule is CCN(CC(O)CN(CC)c1ccc(N)cc1)c1ccc(N)cc1. The van der Waals surface area contributed by atoms with Gasteiger partial charge in [0.05, 0.1) is 6.10 Å². The number of aliphatic hydroxyl groups excluding tert-OH is 1. The van der Waals surface area contributed by atoms with Crippen molar-refractivity contribution >= 4 is 22.7 Å². The molecule has 0 heterocycles. The monoisotopic (exact) mass is 328 g/mol. The van der Waals surface area contributed by atoms with Gasteiger partial charge in [0.2, 0.25) is 0 Å². The molecule has 5 N–H and O–H groups in total. The molecule has 0 aliphatic heterocycles. The first-order valence-corrected chi connectivity index (χ1v) is 8.42. The van der Waals surface area contributed by atoms with Crippen molar-refractivity contribution in [2.75, 3.05) is 47.4 Å². The minimum absolute atomic E-state index is 0.458. The van der Waals surface area contributed by atoms with Crippen LogP contribution in [0, 0.1) is 0 Å². The van der Waals surface area contributed by atoms with Gasteiger partial charge in [0.15, 0.2) is 0 Å². The van der Waals surface area contributed by atoms with Crippen LogP contribution in [0.1, 0.15) is 13.8 Å². The summed E-state index contributed by atoms with van der Waals surface area (Å²) in [7, 11) is 0. The third kappa shape index (κ3) is 4.80. The molecule has 2 rings (SSSR count). The van der Waals surface area contributed by atoms with E-state index in [-0.39, 0.29) is 0 Å². The van der Waals surface area contributed by atoms with Crippen LogP contribution in [0.5, 0.6) is 0 Å². The van der Waals surface area contributed by atoms with Gasteiger partial charge < -0.3 is 26.4 Å². The Morgan fingerprint density at radius 2 is 1.08 bits per heavy atom. The van der Waals surface area contributed by atoms with Crippen molar-refractivity contribution in [1.29, 1.82) is 0 Å². The summed E-state index contributed by atoms with van der Waals surface area (Å²) in [6.45, 7) is 6.98. The normalized spacial score (nSPS) is 10.8. The summed E-state index contributed by atoms with van der Waals surface area (Å²) in [5.74, 6) is 0. The van der Waals surface area contributed by atoms with Crippen LogP contribution in [-0.4, -0.2) is 37.4 Å². The van der Waals surface area contributed by atoms with E-state index in [9.17, 15) is 5.11 Å². The minimum atomic E-state index is -0.458. The molecular formula is C19H28N4O. The number of nitrogens with zero attached hydrogens (tertiary/aromatic N) is 2. The molecule has 0 bridgehead atoms. The Morgan fingerprint density at radius 1 is 0.750 bits per heavy atom. The number of hydrogen-bond acceptors (Lipinski definition) is 5. The van der Waals surface area contributed by atoms with Crippen LogP contribution in [0.2, 0.25) is 0 Å². The molecule has 0 fully saturated rings. The zero-order valence-corrected chi connectivity index (χ0v) is 14.5. The fraction of sp³-hybridized carbons (Fsp3) is 0.368. The quantitative estimate of drug-likeness (QED) is 0.649. The van der Waals surface area contributed by atoms with Gasteiger partial charge in [-0.3, -0.25) is 0 Å². The average Bonchev–Trinajstić information content (AvgIpc) is 2.59. The van der Waals surface area contributed by atoms with Crippen LogP contribution in [0.4, 0.5) is 22.7 Å². The van der Waals surface area contributed by atoms with Gasteiger partial charge in [-0.2, -0.15) is 0 Å². The first-order valence-electron chi connectivity index (χ1n) is 8.42. The van der Waals surface area contributed by atoms with E-state index in [1.165, 1.54) is 0 Å². The number of hydrogen-bond donors (Lipinski definition) is 3. The lowest BCUT2D eigenvalue weighted by atomic mass is 10.2. The largest absolute Gasteiger partial charge is 0.399 e. The molecule has 2 aromatic rings. The van der Waals surface area contributed by atoms with Crippen molar-refractivity contribution in [1.82, 2.24) is 0 Å². The fourth-order valence-electron chi connectivity index (χ4n) is 2.77. The van der Waals surface area contributed by atoms with Crippen LogP contribution >= 0.6 is 0 Å². The van der Waals surface area contributed by atoms with Crippen LogP contribution in [0.25, 0.3) is 0 Å². The van der Waals surface area contributed by atoms with Gasteiger partial charge in [0.25, 0.3) is 0 Å². The first kappa shape index (κ1) is 17.9. The van der Waals surface area contributed by atoms with Crippen molar-refractivity contribution < 1.29 is 5.11 Å². The minimum Gasteiger partial charge on any atom is -0.399 e. The Bertz CT molecular complexity index is 557. The molecule has 0 saturated heterocycles. The third-order valence-electron chi connectivity index (χ3n) is 4.14. The van der Waals surface area contributed by atoms with Crippen LogP contribution in [0.3, 0.4) is 0 Å². The molecule has 0 saturated carbocycles. The maximum Gasteiger partial charge on any atom is 0.0889 e. The maximum atomic E-state index is 10.6.